The van der Waals surface area contributed by atoms with Crippen molar-refractivity contribution >= 4 is 0 Å². The standard InChI is InChI=1S/C8H13F3O/c1-6(2,3)4-7(5-12-7)8(9,10)11/h4-5H2,1-3H3. The summed E-state index contributed by atoms with van der Waals surface area (Å²) in [6, 6.07) is 0. The fourth-order valence-corrected chi connectivity index (χ4v) is 1.31. The zero-order valence-electron chi connectivity index (χ0n) is 7.46. The average molecular weight is 182 g/mol. The fraction of sp³-hybridized carbons (Fsp3) is 1.00. The molecule has 1 aliphatic rings. The van der Waals surface area contributed by atoms with E-state index >= 15 is 0 Å². The summed E-state index contributed by atoms with van der Waals surface area (Å²) in [5.74, 6) is 0. The minimum absolute atomic E-state index is 0.0451. The molecule has 0 aromatic heterocycles. The van der Waals surface area contributed by atoms with Crippen LogP contribution in [-0.4, -0.2) is 18.4 Å². The number of halogens is 3. The summed E-state index contributed by atoms with van der Waals surface area (Å²) in [6.45, 7) is 5.17. The molecule has 0 aliphatic carbocycles. The third kappa shape index (κ3) is 1.91. The Bertz CT molecular complexity index is 174. The Labute approximate surface area is 69.9 Å². The van der Waals surface area contributed by atoms with Crippen LogP contribution in [0, 0.1) is 5.41 Å². The van der Waals surface area contributed by atoms with Gasteiger partial charge in [-0.1, -0.05) is 20.8 Å². The first-order valence-corrected chi connectivity index (χ1v) is 3.87. The molecular weight excluding hydrogens is 169 g/mol. The topological polar surface area (TPSA) is 12.5 Å². The van der Waals surface area contributed by atoms with E-state index in [9.17, 15) is 13.2 Å². The van der Waals surface area contributed by atoms with Crippen molar-refractivity contribution < 1.29 is 17.9 Å². The molecule has 1 unspecified atom stereocenters. The van der Waals surface area contributed by atoms with Crippen molar-refractivity contribution in [2.24, 2.45) is 5.41 Å². The Morgan fingerprint density at radius 3 is 1.75 bits per heavy atom. The first kappa shape index (κ1) is 9.84. The normalized spacial score (nSPS) is 30.5. The highest BCUT2D eigenvalue weighted by molar-refractivity contribution is 5.01. The van der Waals surface area contributed by atoms with Gasteiger partial charge in [0.25, 0.3) is 0 Å². The summed E-state index contributed by atoms with van der Waals surface area (Å²) in [5.41, 5.74) is -2.17. The molecular formula is C8H13F3O. The molecule has 1 fully saturated rings. The number of ether oxygens (including phenoxy) is 1. The Hall–Kier alpha value is -0.250. The van der Waals surface area contributed by atoms with Crippen LogP contribution in [0.3, 0.4) is 0 Å². The van der Waals surface area contributed by atoms with E-state index in [4.69, 9.17) is 0 Å². The van der Waals surface area contributed by atoms with Gasteiger partial charge in [0.15, 0.2) is 5.60 Å². The second kappa shape index (κ2) is 2.37. The van der Waals surface area contributed by atoms with Crippen molar-refractivity contribution in [3.8, 4) is 0 Å². The molecule has 1 nitrogen and oxygen atoms in total. The van der Waals surface area contributed by atoms with E-state index in [1.165, 1.54) is 0 Å². The van der Waals surface area contributed by atoms with Crippen LogP contribution in [0.5, 0.6) is 0 Å². The van der Waals surface area contributed by atoms with Crippen molar-refractivity contribution in [3.63, 3.8) is 0 Å². The summed E-state index contributed by atoms with van der Waals surface area (Å²) >= 11 is 0. The molecule has 1 atom stereocenters. The van der Waals surface area contributed by atoms with Gasteiger partial charge in [0, 0.05) is 0 Å². The number of hydrogen-bond acceptors (Lipinski definition) is 1. The molecule has 0 amide bonds. The fourth-order valence-electron chi connectivity index (χ4n) is 1.31. The van der Waals surface area contributed by atoms with Gasteiger partial charge < -0.3 is 4.74 Å². The van der Waals surface area contributed by atoms with E-state index in [1.807, 2.05) is 0 Å². The zero-order chi connectivity index (χ0) is 9.62. The third-order valence-corrected chi connectivity index (χ3v) is 1.83. The Balaban J connectivity index is 2.63. The molecule has 72 valence electrons. The van der Waals surface area contributed by atoms with Crippen molar-refractivity contribution in [2.45, 2.75) is 39.0 Å². The van der Waals surface area contributed by atoms with Crippen LogP contribution < -0.4 is 0 Å². The number of alkyl halides is 3. The second-order valence-electron chi connectivity index (χ2n) is 4.52. The quantitative estimate of drug-likeness (QED) is 0.568. The predicted molar refractivity (Wildman–Crippen MR) is 38.8 cm³/mol. The van der Waals surface area contributed by atoms with Crippen LogP contribution in [0.4, 0.5) is 13.2 Å². The van der Waals surface area contributed by atoms with Gasteiger partial charge in [0.1, 0.15) is 0 Å². The van der Waals surface area contributed by atoms with E-state index in [2.05, 4.69) is 4.74 Å². The van der Waals surface area contributed by atoms with Gasteiger partial charge in [0.2, 0.25) is 0 Å². The first-order valence-electron chi connectivity index (χ1n) is 3.87. The maximum atomic E-state index is 12.3. The molecule has 0 aromatic rings. The molecule has 1 aliphatic heterocycles. The van der Waals surface area contributed by atoms with Crippen molar-refractivity contribution in [1.82, 2.24) is 0 Å². The van der Waals surface area contributed by atoms with Crippen LogP contribution in [-0.2, 0) is 4.74 Å². The molecule has 0 saturated carbocycles. The van der Waals surface area contributed by atoms with Gasteiger partial charge in [-0.05, 0) is 11.8 Å². The van der Waals surface area contributed by atoms with Crippen molar-refractivity contribution in [3.05, 3.63) is 0 Å². The minimum atomic E-state index is -4.21. The van der Waals surface area contributed by atoms with Gasteiger partial charge >= 0.3 is 6.18 Å². The van der Waals surface area contributed by atoms with Crippen molar-refractivity contribution in [1.29, 1.82) is 0 Å². The van der Waals surface area contributed by atoms with Gasteiger partial charge in [-0.2, -0.15) is 13.2 Å². The molecule has 0 bridgehead atoms. The minimum Gasteiger partial charge on any atom is -0.360 e. The summed E-state index contributed by atoms with van der Waals surface area (Å²) < 4.78 is 41.4. The van der Waals surface area contributed by atoms with E-state index in [-0.39, 0.29) is 18.4 Å². The monoisotopic (exact) mass is 182 g/mol. The summed E-state index contributed by atoms with van der Waals surface area (Å²) in [5, 5.41) is 0. The maximum absolute atomic E-state index is 12.3. The molecule has 0 spiro atoms. The van der Waals surface area contributed by atoms with Crippen molar-refractivity contribution in [2.75, 3.05) is 6.61 Å². The third-order valence-electron chi connectivity index (χ3n) is 1.83. The Morgan fingerprint density at radius 2 is 1.67 bits per heavy atom. The SMILES string of the molecule is CC(C)(C)CC1(C(F)(F)F)CO1. The van der Waals surface area contributed by atoms with E-state index in [0.717, 1.165) is 0 Å². The number of epoxide rings is 1. The summed E-state index contributed by atoms with van der Waals surface area (Å²) in [6.07, 6.45) is -4.16. The number of rotatable bonds is 1. The molecule has 4 heteroatoms. The second-order valence-corrected chi connectivity index (χ2v) is 4.52. The molecule has 1 heterocycles. The van der Waals surface area contributed by atoms with Gasteiger partial charge in [0.05, 0.1) is 6.61 Å². The van der Waals surface area contributed by atoms with E-state index in [1.54, 1.807) is 20.8 Å². The molecule has 1 rings (SSSR count). The van der Waals surface area contributed by atoms with Gasteiger partial charge in [-0.15, -0.1) is 0 Å². The largest absolute Gasteiger partial charge is 0.419 e. The van der Waals surface area contributed by atoms with Crippen LogP contribution in [0.25, 0.3) is 0 Å². The molecule has 0 radical (unpaired) electrons. The van der Waals surface area contributed by atoms with Crippen LogP contribution in [0.15, 0.2) is 0 Å². The molecule has 0 aromatic carbocycles. The van der Waals surface area contributed by atoms with Crippen LogP contribution in [0.2, 0.25) is 0 Å². The predicted octanol–water partition coefficient (Wildman–Crippen LogP) is 2.75. The lowest BCUT2D eigenvalue weighted by atomic mass is 9.84. The summed E-state index contributed by atoms with van der Waals surface area (Å²) in [7, 11) is 0. The zero-order valence-corrected chi connectivity index (χ0v) is 7.46. The van der Waals surface area contributed by atoms with Gasteiger partial charge in [-0.3, -0.25) is 0 Å². The van der Waals surface area contributed by atoms with E-state index < -0.39 is 11.8 Å². The lowest BCUT2D eigenvalue weighted by molar-refractivity contribution is -0.191. The average Bonchev–Trinajstić information content (AvgIpc) is 2.39. The Morgan fingerprint density at radius 1 is 1.25 bits per heavy atom. The smallest absolute Gasteiger partial charge is 0.360 e. The lowest BCUT2D eigenvalue weighted by Gasteiger charge is -2.24. The highest BCUT2D eigenvalue weighted by Crippen LogP contribution is 2.50. The summed E-state index contributed by atoms with van der Waals surface area (Å²) in [4.78, 5) is 0. The highest BCUT2D eigenvalue weighted by Gasteiger charge is 2.66. The van der Waals surface area contributed by atoms with Gasteiger partial charge in [-0.25, -0.2) is 0 Å². The first-order chi connectivity index (χ1) is 5.16. The highest BCUT2D eigenvalue weighted by atomic mass is 19.4. The Kier molecular flexibility index (Phi) is 1.95. The number of hydrogen-bond donors (Lipinski definition) is 0. The molecule has 12 heavy (non-hydrogen) atoms. The molecule has 1 saturated heterocycles. The van der Waals surface area contributed by atoms with E-state index in [0.29, 0.717) is 0 Å². The molecule has 0 N–H and O–H groups in total. The van der Waals surface area contributed by atoms with Crippen LogP contribution in [0.1, 0.15) is 27.2 Å². The van der Waals surface area contributed by atoms with Crippen LogP contribution >= 0.6 is 0 Å². The lowest BCUT2D eigenvalue weighted by Crippen LogP contribution is -2.36. The maximum Gasteiger partial charge on any atom is 0.419 e.